The third-order valence-electron chi connectivity index (χ3n) is 2.13. The topological polar surface area (TPSA) is 98.2 Å². The van der Waals surface area contributed by atoms with E-state index in [1.165, 1.54) is 0 Å². The Labute approximate surface area is 97.9 Å². The third kappa shape index (κ3) is 2.95. The molecule has 0 aliphatic rings. The average molecular weight is 242 g/mol. The number of hydrogen-bond acceptors (Lipinski definition) is 4. The fraction of sp³-hybridized carbons (Fsp3) is 0.200. The van der Waals surface area contributed by atoms with E-state index >= 15 is 0 Å². The van der Waals surface area contributed by atoms with Gasteiger partial charge in [0, 0.05) is 17.7 Å². The zero-order valence-corrected chi connectivity index (χ0v) is 9.20. The van der Waals surface area contributed by atoms with Crippen molar-refractivity contribution in [3.63, 3.8) is 0 Å². The minimum Gasteiger partial charge on any atom is -0.398 e. The molecule has 0 aliphatic carbocycles. The predicted octanol–water partition coefficient (Wildman–Crippen LogP) is 0.439. The molecular weight excluding hydrogens is 230 g/mol. The maximum absolute atomic E-state index is 11.8. The van der Waals surface area contributed by atoms with Gasteiger partial charge in [0.15, 0.2) is 5.78 Å². The summed E-state index contributed by atoms with van der Waals surface area (Å²) in [6.45, 7) is 0. The minimum atomic E-state index is -0.895. The molecule has 5 nitrogen and oxygen atoms in total. The van der Waals surface area contributed by atoms with Gasteiger partial charge >= 0.3 is 0 Å². The molecule has 6 heteroatoms. The van der Waals surface area contributed by atoms with E-state index in [0.29, 0.717) is 11.3 Å². The van der Waals surface area contributed by atoms with E-state index in [4.69, 9.17) is 23.2 Å². The van der Waals surface area contributed by atoms with Crippen LogP contribution in [0.5, 0.6) is 0 Å². The first kappa shape index (κ1) is 12.5. The number of primary amides is 1. The van der Waals surface area contributed by atoms with Gasteiger partial charge in [0.05, 0.1) is 0 Å². The molecule has 0 aliphatic heterocycles. The maximum Gasteiger partial charge on any atom is 0.236 e. The summed E-state index contributed by atoms with van der Waals surface area (Å²) in [4.78, 5) is 24.8. The molecule has 0 aromatic heterocycles. The lowest BCUT2D eigenvalue weighted by Gasteiger charge is -2.10. The van der Waals surface area contributed by atoms with Crippen molar-refractivity contribution >= 4 is 29.2 Å². The number of rotatable bonds is 5. The highest BCUT2D eigenvalue weighted by Crippen LogP contribution is 2.14. The summed E-state index contributed by atoms with van der Waals surface area (Å²) in [5.41, 5.74) is 11.4. The van der Waals surface area contributed by atoms with E-state index in [-0.39, 0.29) is 12.2 Å². The second-order valence-electron chi connectivity index (χ2n) is 3.28. The summed E-state index contributed by atoms with van der Waals surface area (Å²) in [5, 5.41) is 0. The van der Waals surface area contributed by atoms with Gasteiger partial charge in [-0.05, 0) is 23.9 Å². The molecule has 0 saturated carbocycles. The van der Waals surface area contributed by atoms with E-state index in [1.54, 1.807) is 24.3 Å². The summed E-state index contributed by atoms with van der Waals surface area (Å²) >= 11 is 5.30. The number of para-hydroxylation sites is 1. The summed E-state index contributed by atoms with van der Waals surface area (Å²) in [7, 11) is 0. The molecule has 0 heterocycles. The molecule has 0 fully saturated rings. The Morgan fingerprint density at radius 2 is 2.00 bits per heavy atom. The largest absolute Gasteiger partial charge is 0.398 e. The smallest absolute Gasteiger partial charge is 0.236 e. The zero-order valence-electron chi connectivity index (χ0n) is 8.44. The van der Waals surface area contributed by atoms with Crippen molar-refractivity contribution < 1.29 is 9.59 Å². The minimum absolute atomic E-state index is 0.118. The Bertz CT molecular complexity index is 409. The molecular formula is C10H12ClN3O2. The molecule has 0 bridgehead atoms. The summed E-state index contributed by atoms with van der Waals surface area (Å²) in [5.74, 6) is -0.965. The highest BCUT2D eigenvalue weighted by atomic mass is 35.5. The zero-order chi connectivity index (χ0) is 12.1. The number of nitrogen functional groups attached to an aromatic ring is 1. The van der Waals surface area contributed by atoms with Crippen molar-refractivity contribution in [2.75, 3.05) is 5.73 Å². The van der Waals surface area contributed by atoms with Crippen LogP contribution in [-0.4, -0.2) is 17.7 Å². The number of nitrogens with one attached hydrogen (secondary N) is 1. The molecule has 0 saturated heterocycles. The van der Waals surface area contributed by atoms with Crippen molar-refractivity contribution in [1.82, 2.24) is 4.84 Å². The Balaban J connectivity index is 2.80. The molecule has 1 atom stereocenters. The number of Topliss-reactive ketones (excluding diaryl/α,β-unsaturated/α-hetero) is 1. The molecule has 16 heavy (non-hydrogen) atoms. The number of anilines is 1. The normalized spacial score (nSPS) is 12.1. The van der Waals surface area contributed by atoms with Crippen molar-refractivity contribution in [2.45, 2.75) is 12.5 Å². The number of hydrogen-bond donors (Lipinski definition) is 3. The van der Waals surface area contributed by atoms with E-state index in [9.17, 15) is 9.59 Å². The second kappa shape index (κ2) is 5.48. The van der Waals surface area contributed by atoms with Crippen LogP contribution < -0.4 is 16.3 Å². The van der Waals surface area contributed by atoms with Crippen molar-refractivity contribution in [2.24, 2.45) is 5.73 Å². The highest BCUT2D eigenvalue weighted by Gasteiger charge is 2.20. The van der Waals surface area contributed by atoms with Gasteiger partial charge < -0.3 is 11.5 Å². The number of nitrogens with two attached hydrogens (primary N) is 2. The quantitative estimate of drug-likeness (QED) is 0.396. The van der Waals surface area contributed by atoms with Gasteiger partial charge in [-0.3, -0.25) is 9.59 Å². The van der Waals surface area contributed by atoms with Gasteiger partial charge in [0.25, 0.3) is 0 Å². The first-order chi connectivity index (χ1) is 7.56. The lowest BCUT2D eigenvalue weighted by Crippen LogP contribution is -2.38. The van der Waals surface area contributed by atoms with Gasteiger partial charge in [-0.15, -0.1) is 0 Å². The third-order valence-corrected chi connectivity index (χ3v) is 2.39. The number of carbonyl (C=O) groups is 2. The summed E-state index contributed by atoms with van der Waals surface area (Å²) in [6, 6.07) is 5.72. The standard InChI is InChI=1S/C10H12ClN3O2/c11-14-8(10(13)16)5-9(15)6-3-1-2-4-7(6)12/h1-4,8,14H,5,12H2,(H2,13,16)/t8-/m0/s1. The lowest BCUT2D eigenvalue weighted by molar-refractivity contribution is -0.119. The fourth-order valence-corrected chi connectivity index (χ4v) is 1.42. The second-order valence-corrected chi connectivity index (χ2v) is 3.50. The number of amides is 1. The first-order valence-corrected chi connectivity index (χ1v) is 4.97. The first-order valence-electron chi connectivity index (χ1n) is 4.59. The van der Waals surface area contributed by atoms with Crippen LogP contribution in [0.25, 0.3) is 0 Å². The molecule has 1 amide bonds. The van der Waals surface area contributed by atoms with Crippen LogP contribution in [0.4, 0.5) is 5.69 Å². The van der Waals surface area contributed by atoms with Gasteiger partial charge in [-0.25, -0.2) is 4.84 Å². The van der Waals surface area contributed by atoms with Crippen LogP contribution in [-0.2, 0) is 4.79 Å². The number of benzene rings is 1. The SMILES string of the molecule is NC(=O)[C@H](CC(=O)c1ccccc1N)NCl. The molecule has 86 valence electrons. The van der Waals surface area contributed by atoms with Crippen LogP contribution in [0.1, 0.15) is 16.8 Å². The molecule has 0 radical (unpaired) electrons. The molecule has 1 aromatic carbocycles. The average Bonchev–Trinajstić information content (AvgIpc) is 2.25. The van der Waals surface area contributed by atoms with Crippen LogP contribution in [0, 0.1) is 0 Å². The molecule has 0 unspecified atom stereocenters. The van der Waals surface area contributed by atoms with E-state index in [2.05, 4.69) is 4.84 Å². The Kier molecular flexibility index (Phi) is 4.28. The van der Waals surface area contributed by atoms with Gasteiger partial charge in [0.1, 0.15) is 6.04 Å². The monoisotopic (exact) mass is 241 g/mol. The van der Waals surface area contributed by atoms with Gasteiger partial charge in [-0.1, -0.05) is 12.1 Å². The molecule has 0 spiro atoms. The fourth-order valence-electron chi connectivity index (χ4n) is 1.24. The summed E-state index contributed by atoms with van der Waals surface area (Å²) < 4.78 is 0. The molecule has 5 N–H and O–H groups in total. The maximum atomic E-state index is 11.8. The van der Waals surface area contributed by atoms with Crippen molar-refractivity contribution in [3.05, 3.63) is 29.8 Å². The Hall–Kier alpha value is -1.59. The van der Waals surface area contributed by atoms with E-state index in [1.807, 2.05) is 0 Å². The van der Waals surface area contributed by atoms with E-state index in [0.717, 1.165) is 0 Å². The number of halogens is 1. The van der Waals surface area contributed by atoms with Gasteiger partial charge in [-0.2, -0.15) is 0 Å². The van der Waals surface area contributed by atoms with Crippen LogP contribution in [0.3, 0.4) is 0 Å². The number of ketones is 1. The predicted molar refractivity (Wildman–Crippen MR) is 61.8 cm³/mol. The lowest BCUT2D eigenvalue weighted by atomic mass is 10.0. The molecule has 1 rings (SSSR count). The summed E-state index contributed by atoms with van der Waals surface area (Å²) in [6.07, 6.45) is -0.118. The van der Waals surface area contributed by atoms with Crippen LogP contribution >= 0.6 is 11.8 Å². The Morgan fingerprint density at radius 3 is 2.50 bits per heavy atom. The van der Waals surface area contributed by atoms with Crippen LogP contribution in [0.15, 0.2) is 24.3 Å². The van der Waals surface area contributed by atoms with Crippen molar-refractivity contribution in [3.8, 4) is 0 Å². The molecule has 1 aromatic rings. The highest BCUT2D eigenvalue weighted by molar-refractivity contribution is 6.15. The van der Waals surface area contributed by atoms with Crippen molar-refractivity contribution in [1.29, 1.82) is 0 Å². The Morgan fingerprint density at radius 1 is 1.38 bits per heavy atom. The van der Waals surface area contributed by atoms with E-state index < -0.39 is 11.9 Å². The number of carbonyl (C=O) groups excluding carboxylic acids is 2. The van der Waals surface area contributed by atoms with Crippen LogP contribution in [0.2, 0.25) is 0 Å². The van der Waals surface area contributed by atoms with Gasteiger partial charge in [0.2, 0.25) is 5.91 Å².